The fourth-order valence-corrected chi connectivity index (χ4v) is 15.4. The number of hydrogen-bond acceptors (Lipinski definition) is 5. The van der Waals surface area contributed by atoms with Gasteiger partial charge in [0.25, 0.3) is 0 Å². The fraction of sp³-hybridized carbons (Fsp3) is 0.586. The predicted octanol–water partition coefficient (Wildman–Crippen LogP) is 12.0. The van der Waals surface area contributed by atoms with E-state index in [0.29, 0.717) is 40.1 Å². The zero-order valence-electron chi connectivity index (χ0n) is 41.8. The number of hydrogen-bond donors (Lipinski definition) is 1. The van der Waals surface area contributed by atoms with Crippen LogP contribution in [-0.4, -0.2) is 69.5 Å². The molecule has 1 aliphatic heterocycles. The quantitative estimate of drug-likeness (QED) is 0.211. The molecule has 5 aliphatic carbocycles. The van der Waals surface area contributed by atoms with Crippen molar-refractivity contribution in [3.63, 3.8) is 0 Å². The van der Waals surface area contributed by atoms with Crippen LogP contribution >= 0.6 is 0 Å². The van der Waals surface area contributed by atoms with Gasteiger partial charge in [-0.25, -0.2) is 8.42 Å². The first-order valence-corrected chi connectivity index (χ1v) is 25.5. The van der Waals surface area contributed by atoms with Crippen LogP contribution in [0.4, 0.5) is 0 Å². The smallest absolute Gasteiger partial charge is 0.243 e. The van der Waals surface area contributed by atoms with E-state index in [4.69, 9.17) is 4.74 Å². The lowest BCUT2D eigenvalue weighted by molar-refractivity contribution is -0.172. The van der Waals surface area contributed by atoms with Gasteiger partial charge in [0, 0.05) is 50.9 Å². The van der Waals surface area contributed by atoms with Gasteiger partial charge >= 0.3 is 0 Å². The Balaban J connectivity index is 0.00000102. The molecule has 1 saturated heterocycles. The van der Waals surface area contributed by atoms with E-state index in [1.165, 1.54) is 75.3 Å². The van der Waals surface area contributed by atoms with Crippen molar-refractivity contribution in [3.05, 3.63) is 78.4 Å². The number of nitrogens with zero attached hydrogens (tertiary/aromatic N) is 2. The van der Waals surface area contributed by atoms with Crippen LogP contribution in [0.15, 0.2) is 72.2 Å². The Morgan fingerprint density at radius 1 is 0.785 bits per heavy atom. The first-order valence-electron chi connectivity index (χ1n) is 24.0. The molecule has 8 rings (SSSR count). The van der Waals surface area contributed by atoms with E-state index in [0.717, 1.165) is 55.8 Å². The molecule has 0 bridgehead atoms. The molecule has 6 aliphatic rings. The first-order chi connectivity index (χ1) is 31.2. The lowest BCUT2D eigenvalue weighted by atomic mass is 9.37. The molecular weight excluding hydrogens is 819 g/mol. The Bertz CT molecular complexity index is 1980. The molecule has 4 saturated carbocycles. The molecule has 5 fully saturated rings. The molecule has 2 aromatic rings. The van der Waals surface area contributed by atoms with E-state index < -0.39 is 10.0 Å². The van der Waals surface area contributed by atoms with Gasteiger partial charge < -0.3 is 10.1 Å². The normalized spacial score (nSPS) is 30.5. The van der Waals surface area contributed by atoms with Crippen molar-refractivity contribution < 1.29 is 13.2 Å². The van der Waals surface area contributed by atoms with Gasteiger partial charge in [0.1, 0.15) is 5.75 Å². The molecule has 356 valence electrons. The summed E-state index contributed by atoms with van der Waals surface area (Å²) in [6.07, 6.45) is 50.0. The second-order valence-corrected chi connectivity index (χ2v) is 21.3. The van der Waals surface area contributed by atoms with Crippen LogP contribution in [0.5, 0.6) is 5.75 Å². The number of piperazine rings is 1. The number of nitrogens with one attached hydrogen (secondary N) is 1. The molecular formula is C58H85N3O3S. The lowest BCUT2D eigenvalue weighted by Gasteiger charge is -2.68. The number of fused-ring (bicyclic) bond motifs is 7. The third kappa shape index (κ3) is 11.7. The number of methoxy groups -OCH3 is 1. The Morgan fingerprint density at radius 2 is 1.40 bits per heavy atom. The number of aryl methyl sites for hydroxylation is 1. The van der Waals surface area contributed by atoms with Crippen LogP contribution in [-0.2, 0) is 10.0 Å². The first kappa shape index (κ1) is 56.9. The summed E-state index contributed by atoms with van der Waals surface area (Å²) in [5, 5.41) is 4.23. The molecule has 6 nitrogen and oxygen atoms in total. The highest BCUT2D eigenvalue weighted by molar-refractivity contribution is 7.89. The molecule has 1 heterocycles. The molecule has 0 aromatic heterocycles. The molecule has 65 heavy (non-hydrogen) atoms. The van der Waals surface area contributed by atoms with Crippen LogP contribution in [0.3, 0.4) is 0 Å². The summed E-state index contributed by atoms with van der Waals surface area (Å²) in [4.78, 5) is 2.78. The number of benzene rings is 2. The zero-order chi connectivity index (χ0) is 49.2. The summed E-state index contributed by atoms with van der Waals surface area (Å²) in [5.41, 5.74) is 5.67. The minimum absolute atomic E-state index is 0.189. The molecule has 4 unspecified atom stereocenters. The maximum Gasteiger partial charge on any atom is 0.243 e. The Kier molecular flexibility index (Phi) is 22.4. The van der Waals surface area contributed by atoms with Gasteiger partial charge in [-0.3, -0.25) is 4.90 Å². The lowest BCUT2D eigenvalue weighted by Crippen LogP contribution is -2.64. The average Bonchev–Trinajstić information content (AvgIpc) is 3.77. The minimum Gasteiger partial charge on any atom is -0.497 e. The average molecular weight is 904 g/mol. The zero-order valence-corrected chi connectivity index (χ0v) is 42.6. The van der Waals surface area contributed by atoms with Crippen molar-refractivity contribution in [1.82, 2.24) is 14.5 Å². The van der Waals surface area contributed by atoms with Gasteiger partial charge in [-0.15, -0.1) is 58.0 Å². The van der Waals surface area contributed by atoms with Gasteiger partial charge in [0.05, 0.1) is 12.0 Å². The van der Waals surface area contributed by atoms with Crippen LogP contribution < -0.4 is 10.1 Å². The Hall–Kier alpha value is -4.21. The molecule has 0 spiro atoms. The largest absolute Gasteiger partial charge is 0.497 e. The monoisotopic (exact) mass is 904 g/mol. The molecule has 1 N–H and O–H groups in total. The van der Waals surface area contributed by atoms with Crippen LogP contribution in [0.1, 0.15) is 124 Å². The topological polar surface area (TPSA) is 61.9 Å². The fourth-order valence-electron chi connectivity index (χ4n) is 13.9. The van der Waals surface area contributed by atoms with Gasteiger partial charge in [0.2, 0.25) is 10.0 Å². The maximum absolute atomic E-state index is 13.4. The van der Waals surface area contributed by atoms with E-state index in [1.54, 1.807) is 47.3 Å². The summed E-state index contributed by atoms with van der Waals surface area (Å²) in [5.74, 6) is 4.62. The van der Waals surface area contributed by atoms with E-state index in [-0.39, 0.29) is 5.41 Å². The minimum atomic E-state index is -3.52. The summed E-state index contributed by atoms with van der Waals surface area (Å²) < 4.78 is 33.7. The van der Waals surface area contributed by atoms with E-state index >= 15 is 0 Å². The van der Waals surface area contributed by atoms with Gasteiger partial charge in [-0.2, -0.15) is 4.31 Å². The molecule has 0 radical (unpaired) electrons. The van der Waals surface area contributed by atoms with Crippen molar-refractivity contribution in [1.29, 1.82) is 0 Å². The van der Waals surface area contributed by atoms with Crippen LogP contribution in [0.25, 0.3) is 5.57 Å². The number of rotatable bonds is 8. The van der Waals surface area contributed by atoms with Gasteiger partial charge in [-0.1, -0.05) is 96.0 Å². The van der Waals surface area contributed by atoms with Crippen molar-refractivity contribution in [3.8, 4) is 57.1 Å². The van der Waals surface area contributed by atoms with Crippen molar-refractivity contribution in [2.24, 2.45) is 45.8 Å². The summed E-state index contributed by atoms with van der Waals surface area (Å²) >= 11 is 0. The second kappa shape index (κ2) is 25.6. The molecule has 8 atom stereocenters. The Morgan fingerprint density at radius 3 is 2.00 bits per heavy atom. The van der Waals surface area contributed by atoms with Crippen LogP contribution in [0.2, 0.25) is 0 Å². The highest BCUT2D eigenvalue weighted by Crippen LogP contribution is 2.72. The van der Waals surface area contributed by atoms with Crippen molar-refractivity contribution in [2.45, 2.75) is 130 Å². The van der Waals surface area contributed by atoms with E-state index in [2.05, 4.69) is 133 Å². The molecule has 7 heteroatoms. The van der Waals surface area contributed by atoms with Crippen molar-refractivity contribution in [2.75, 3.05) is 46.4 Å². The van der Waals surface area contributed by atoms with Gasteiger partial charge in [0.15, 0.2) is 0 Å². The molecule has 2 aromatic carbocycles. The SMILES string of the molecule is C#C.C#C.C#C.C#C.C=CC.CC.COc1cccc(S(=O)(=O)N2CCN(CCN[C@]34CCCC3[C@H]3CCC5[C@@](C)(CCC6C(C)(C)C(c7ccc(C)cc7)=CC[C@@]65C)C3CC4)CC2)c1. The third-order valence-electron chi connectivity index (χ3n) is 16.4. The number of ether oxygens (including phenoxy) is 1. The number of sulfonamides is 1. The van der Waals surface area contributed by atoms with E-state index in [9.17, 15) is 8.42 Å². The highest BCUT2D eigenvalue weighted by Gasteiger charge is 2.65. The second-order valence-electron chi connectivity index (χ2n) is 19.4. The summed E-state index contributed by atoms with van der Waals surface area (Å²) in [7, 11) is -1.94. The standard InChI is InChI=1S/C45H65N3O3S.C3H6.C2H6.4C2H2/c1-32-12-14-33(15-13-32)37-18-22-44(5)40(42(37,2)3)20-23-43(4)38-19-24-45(21-8-11-39(45)36(38)16-17-41(43)44)46-25-26-47-27-29-48(30-28-47)52(49,50)35-10-7-9-34(31-35)51-6;1-3-2;5*1-2/h7,9-10,12-15,18,31,36,38-41,46H,8,11,16-17,19-30H2,1-6H3;3H,1H2,2H3;1-2H3;4*1-2H/t36-,38?,39?,40?,41?,43-,44-,45-;;;;;;/m0....../s1. The molecule has 0 amide bonds. The predicted molar refractivity (Wildman–Crippen MR) is 278 cm³/mol. The van der Waals surface area contributed by atoms with Crippen molar-refractivity contribution >= 4 is 15.6 Å². The van der Waals surface area contributed by atoms with Crippen LogP contribution in [0, 0.1) is 104 Å². The maximum atomic E-state index is 13.4. The number of terminal acetylenes is 4. The summed E-state index contributed by atoms with van der Waals surface area (Å²) in [6.45, 7) is 26.7. The van der Waals surface area contributed by atoms with E-state index in [1.807, 2.05) is 20.8 Å². The Labute approximate surface area is 399 Å². The third-order valence-corrected chi connectivity index (χ3v) is 18.3. The highest BCUT2D eigenvalue weighted by atomic mass is 32.2. The summed E-state index contributed by atoms with van der Waals surface area (Å²) in [6, 6.07) is 16.2. The number of allylic oxidation sites excluding steroid dienone is 3. The van der Waals surface area contributed by atoms with Gasteiger partial charge in [-0.05, 0) is 141 Å².